The number of hydrogen-bond donors (Lipinski definition) is 0. The van der Waals surface area contributed by atoms with E-state index in [2.05, 4.69) is 0 Å². The van der Waals surface area contributed by atoms with Gasteiger partial charge in [-0.3, -0.25) is 4.79 Å². The van der Waals surface area contributed by atoms with Gasteiger partial charge in [-0.1, -0.05) is 18.2 Å². The second-order valence-electron chi connectivity index (χ2n) is 5.47. The fourth-order valence-corrected chi connectivity index (χ4v) is 3.51. The van der Waals surface area contributed by atoms with E-state index >= 15 is 0 Å². The number of Topliss-reactive ketones (excluding diaryl/α,β-unsaturated/α-hetero) is 1. The molecule has 3 atom stereocenters. The van der Waals surface area contributed by atoms with E-state index in [1.54, 1.807) is 6.07 Å². The van der Waals surface area contributed by atoms with Crippen molar-refractivity contribution >= 4 is 11.8 Å². The summed E-state index contributed by atoms with van der Waals surface area (Å²) in [6, 6.07) is 7.34. The molecular weight excluding hydrogens is 256 g/mol. The Morgan fingerprint density at radius 3 is 2.90 bits per heavy atom. The highest BCUT2D eigenvalue weighted by Crippen LogP contribution is 2.43. The molecule has 1 saturated heterocycles. The Morgan fingerprint density at radius 2 is 2.00 bits per heavy atom. The molecule has 0 amide bonds. The van der Waals surface area contributed by atoms with E-state index in [1.165, 1.54) is 0 Å². The number of ether oxygens (including phenoxy) is 2. The van der Waals surface area contributed by atoms with E-state index in [4.69, 9.17) is 9.47 Å². The molecular formula is C16H14O4. The Kier molecular flexibility index (Phi) is 2.46. The number of hydrogen-bond acceptors (Lipinski definition) is 4. The predicted octanol–water partition coefficient (Wildman–Crippen LogP) is 2.14. The molecule has 4 heteroatoms. The smallest absolute Gasteiger partial charge is 0.333 e. The number of rotatable bonds is 0. The average Bonchev–Trinajstić information content (AvgIpc) is 2.47. The number of para-hydroxylation sites is 1. The molecule has 2 aliphatic heterocycles. The van der Waals surface area contributed by atoms with Crippen LogP contribution in [0, 0.1) is 11.8 Å². The summed E-state index contributed by atoms with van der Waals surface area (Å²) in [6.45, 7) is 0.388. The number of fused-ring (bicyclic) bond motifs is 4. The van der Waals surface area contributed by atoms with Crippen LogP contribution < -0.4 is 4.74 Å². The molecule has 2 heterocycles. The van der Waals surface area contributed by atoms with Gasteiger partial charge in [0.25, 0.3) is 0 Å². The van der Waals surface area contributed by atoms with Crippen LogP contribution in [-0.2, 0) is 9.53 Å². The van der Waals surface area contributed by atoms with Crippen molar-refractivity contribution in [1.82, 2.24) is 0 Å². The normalized spacial score (nSPS) is 31.2. The van der Waals surface area contributed by atoms with Gasteiger partial charge in [-0.2, -0.15) is 0 Å². The molecule has 0 spiro atoms. The number of carbonyl (C=O) groups excluding carboxylic acids is 2. The van der Waals surface area contributed by atoms with E-state index in [-0.39, 0.29) is 29.7 Å². The van der Waals surface area contributed by atoms with E-state index in [1.807, 2.05) is 24.3 Å². The van der Waals surface area contributed by atoms with Gasteiger partial charge in [0.15, 0.2) is 5.78 Å². The molecule has 0 unspecified atom stereocenters. The van der Waals surface area contributed by atoms with Gasteiger partial charge in [-0.25, -0.2) is 4.79 Å². The lowest BCUT2D eigenvalue weighted by Crippen LogP contribution is -2.47. The van der Waals surface area contributed by atoms with Gasteiger partial charge in [0.2, 0.25) is 0 Å². The maximum absolute atomic E-state index is 12.8. The molecule has 3 aliphatic rings. The van der Waals surface area contributed by atoms with Crippen LogP contribution in [-0.4, -0.2) is 24.5 Å². The first kappa shape index (κ1) is 11.7. The molecule has 0 bridgehead atoms. The van der Waals surface area contributed by atoms with Crippen molar-refractivity contribution in [3.8, 4) is 5.75 Å². The third-order valence-corrected chi connectivity index (χ3v) is 4.43. The van der Waals surface area contributed by atoms with Gasteiger partial charge in [-0.05, 0) is 18.6 Å². The first-order valence-corrected chi connectivity index (χ1v) is 6.93. The van der Waals surface area contributed by atoms with Crippen molar-refractivity contribution in [2.75, 3.05) is 6.61 Å². The van der Waals surface area contributed by atoms with Crippen LogP contribution in [0.1, 0.15) is 23.2 Å². The van der Waals surface area contributed by atoms with Crippen molar-refractivity contribution in [3.05, 3.63) is 41.5 Å². The van der Waals surface area contributed by atoms with Crippen LogP contribution in [0.4, 0.5) is 0 Å². The minimum Gasteiger partial charge on any atom is -0.489 e. The van der Waals surface area contributed by atoms with Crippen molar-refractivity contribution in [2.24, 2.45) is 11.8 Å². The molecule has 0 N–H and O–H groups in total. The van der Waals surface area contributed by atoms with Crippen LogP contribution in [0.5, 0.6) is 5.75 Å². The molecule has 0 saturated carbocycles. The molecule has 1 aromatic rings. The third-order valence-electron chi connectivity index (χ3n) is 4.43. The van der Waals surface area contributed by atoms with Gasteiger partial charge in [-0.15, -0.1) is 0 Å². The minimum atomic E-state index is -0.272. The number of esters is 1. The van der Waals surface area contributed by atoms with E-state index in [9.17, 15) is 9.59 Å². The second-order valence-corrected chi connectivity index (χ2v) is 5.47. The summed E-state index contributed by atoms with van der Waals surface area (Å²) in [5.74, 6) is 0.177. The Hall–Kier alpha value is -2.10. The highest BCUT2D eigenvalue weighted by molar-refractivity contribution is 6.03. The SMILES string of the molecule is O=C1OCC[C@H]2C1=CC[C@H]1Oc3ccccc3C(=O)[C@@H]12. The summed E-state index contributed by atoms with van der Waals surface area (Å²) in [4.78, 5) is 24.6. The van der Waals surface area contributed by atoms with Crippen molar-refractivity contribution in [1.29, 1.82) is 0 Å². The predicted molar refractivity (Wildman–Crippen MR) is 70.4 cm³/mol. The monoisotopic (exact) mass is 270 g/mol. The number of benzene rings is 1. The Labute approximate surface area is 116 Å². The van der Waals surface area contributed by atoms with E-state index < -0.39 is 0 Å². The summed E-state index contributed by atoms with van der Waals surface area (Å²) < 4.78 is 11.0. The second kappa shape index (κ2) is 4.20. The standard InChI is InChI=1S/C16H14O4/c17-15-11-3-1-2-4-12(11)20-13-6-5-10-9(14(13)15)7-8-19-16(10)18/h1-5,9,13-14H,6-8H2/t9-,13+,14+/m0/s1. The third kappa shape index (κ3) is 1.54. The quantitative estimate of drug-likeness (QED) is 0.678. The number of carbonyl (C=O) groups is 2. The van der Waals surface area contributed by atoms with Gasteiger partial charge in [0.1, 0.15) is 11.9 Å². The molecule has 0 radical (unpaired) electrons. The van der Waals surface area contributed by atoms with Gasteiger partial charge < -0.3 is 9.47 Å². The topological polar surface area (TPSA) is 52.6 Å². The average molecular weight is 270 g/mol. The highest BCUT2D eigenvalue weighted by atomic mass is 16.5. The van der Waals surface area contributed by atoms with E-state index in [0.717, 1.165) is 0 Å². The number of ketones is 1. The van der Waals surface area contributed by atoms with Crippen molar-refractivity contribution < 1.29 is 19.1 Å². The Bertz CT molecular complexity index is 631. The molecule has 20 heavy (non-hydrogen) atoms. The Morgan fingerprint density at radius 1 is 1.15 bits per heavy atom. The first-order valence-electron chi connectivity index (χ1n) is 6.93. The Balaban J connectivity index is 1.78. The summed E-state index contributed by atoms with van der Waals surface area (Å²) >= 11 is 0. The van der Waals surface area contributed by atoms with Crippen molar-refractivity contribution in [2.45, 2.75) is 18.9 Å². The van der Waals surface area contributed by atoms with Crippen molar-refractivity contribution in [3.63, 3.8) is 0 Å². The molecule has 0 aromatic heterocycles. The van der Waals surface area contributed by atoms with Gasteiger partial charge in [0, 0.05) is 17.9 Å². The summed E-state index contributed by atoms with van der Waals surface area (Å²) in [5.41, 5.74) is 1.29. The lowest BCUT2D eigenvalue weighted by atomic mass is 9.70. The maximum Gasteiger partial charge on any atom is 0.333 e. The molecule has 4 rings (SSSR count). The maximum atomic E-state index is 12.8. The van der Waals surface area contributed by atoms with Crippen LogP contribution in [0.15, 0.2) is 35.9 Å². The van der Waals surface area contributed by atoms with Gasteiger partial charge in [0.05, 0.1) is 18.1 Å². The minimum absolute atomic E-state index is 0.0594. The summed E-state index contributed by atoms with van der Waals surface area (Å²) in [7, 11) is 0. The zero-order chi connectivity index (χ0) is 13.7. The van der Waals surface area contributed by atoms with Crippen LogP contribution in [0.25, 0.3) is 0 Å². The zero-order valence-electron chi connectivity index (χ0n) is 10.9. The first-order chi connectivity index (χ1) is 9.75. The molecule has 1 fully saturated rings. The highest BCUT2D eigenvalue weighted by Gasteiger charge is 2.47. The van der Waals surface area contributed by atoms with Crippen LogP contribution in [0.3, 0.4) is 0 Å². The van der Waals surface area contributed by atoms with E-state index in [0.29, 0.717) is 36.3 Å². The molecule has 4 nitrogen and oxygen atoms in total. The molecule has 1 aliphatic carbocycles. The summed E-state index contributed by atoms with van der Waals surface area (Å²) in [6.07, 6.45) is 3.02. The lowest BCUT2D eigenvalue weighted by molar-refractivity contribution is -0.143. The molecule has 1 aromatic carbocycles. The fraction of sp³-hybridized carbons (Fsp3) is 0.375. The van der Waals surface area contributed by atoms with Crippen LogP contribution >= 0.6 is 0 Å². The number of cyclic esters (lactones) is 1. The molecule has 102 valence electrons. The summed E-state index contributed by atoms with van der Waals surface area (Å²) in [5, 5.41) is 0. The fourth-order valence-electron chi connectivity index (χ4n) is 3.51. The lowest BCUT2D eigenvalue weighted by Gasteiger charge is -2.41. The zero-order valence-corrected chi connectivity index (χ0v) is 10.9. The van der Waals surface area contributed by atoms with Crippen LogP contribution in [0.2, 0.25) is 0 Å². The largest absolute Gasteiger partial charge is 0.489 e. The van der Waals surface area contributed by atoms with Gasteiger partial charge >= 0.3 is 5.97 Å².